The van der Waals surface area contributed by atoms with Gasteiger partial charge in [0, 0.05) is 5.70 Å². The summed E-state index contributed by atoms with van der Waals surface area (Å²) in [6, 6.07) is 7.95. The Morgan fingerprint density at radius 2 is 2.23 bits per heavy atom. The van der Waals surface area contributed by atoms with Crippen LogP contribution in [0.3, 0.4) is 0 Å². The van der Waals surface area contributed by atoms with Gasteiger partial charge in [-0.1, -0.05) is 18.7 Å². The molecule has 0 saturated heterocycles. The lowest BCUT2D eigenvalue weighted by Gasteiger charge is -2.01. The third-order valence-electron chi connectivity index (χ3n) is 1.90. The van der Waals surface area contributed by atoms with Gasteiger partial charge in [-0.3, -0.25) is 0 Å². The molecular formula is C10H11N3. The minimum atomic E-state index is 0.626. The molecule has 0 aliphatic rings. The maximum Gasteiger partial charge on any atom is 0.0962 e. The molecule has 0 spiro atoms. The van der Waals surface area contributed by atoms with Crippen molar-refractivity contribution in [3.8, 4) is 0 Å². The van der Waals surface area contributed by atoms with Crippen molar-refractivity contribution >= 4 is 11.0 Å². The van der Waals surface area contributed by atoms with Crippen LogP contribution in [-0.2, 0) is 6.54 Å². The van der Waals surface area contributed by atoms with E-state index < -0.39 is 0 Å². The van der Waals surface area contributed by atoms with Crippen molar-refractivity contribution in [3.63, 3.8) is 0 Å². The Kier molecular flexibility index (Phi) is 1.77. The molecule has 0 unspecified atom stereocenters. The topological polar surface area (TPSA) is 43.8 Å². The van der Waals surface area contributed by atoms with Crippen molar-refractivity contribution in [2.75, 3.05) is 0 Å². The van der Waals surface area contributed by atoms with Gasteiger partial charge >= 0.3 is 0 Å². The SMILES string of the molecule is C=C(N)Cn1cnc2ccccc21. The molecule has 2 aromatic rings. The van der Waals surface area contributed by atoms with Gasteiger partial charge in [-0.05, 0) is 12.1 Å². The summed E-state index contributed by atoms with van der Waals surface area (Å²) >= 11 is 0. The summed E-state index contributed by atoms with van der Waals surface area (Å²) in [6.07, 6.45) is 1.78. The summed E-state index contributed by atoms with van der Waals surface area (Å²) in [4.78, 5) is 4.24. The van der Waals surface area contributed by atoms with E-state index in [1.165, 1.54) is 0 Å². The van der Waals surface area contributed by atoms with E-state index in [1.807, 2.05) is 28.8 Å². The molecule has 0 amide bonds. The largest absolute Gasteiger partial charge is 0.401 e. The van der Waals surface area contributed by atoms with E-state index in [9.17, 15) is 0 Å². The molecule has 13 heavy (non-hydrogen) atoms. The number of hydrogen-bond donors (Lipinski definition) is 1. The molecule has 2 rings (SSSR count). The van der Waals surface area contributed by atoms with Gasteiger partial charge in [0.25, 0.3) is 0 Å². The van der Waals surface area contributed by atoms with Gasteiger partial charge in [0.15, 0.2) is 0 Å². The smallest absolute Gasteiger partial charge is 0.0962 e. The number of para-hydroxylation sites is 2. The molecule has 1 aromatic carbocycles. The standard InChI is InChI=1S/C10H11N3/c1-8(11)6-13-7-12-9-4-2-3-5-10(9)13/h2-5,7H,1,6,11H2. The lowest BCUT2D eigenvalue weighted by molar-refractivity contribution is 0.802. The van der Waals surface area contributed by atoms with E-state index in [2.05, 4.69) is 11.6 Å². The molecular weight excluding hydrogens is 162 g/mol. The van der Waals surface area contributed by atoms with Gasteiger partial charge in [-0.15, -0.1) is 0 Å². The zero-order chi connectivity index (χ0) is 9.26. The van der Waals surface area contributed by atoms with Gasteiger partial charge in [-0.25, -0.2) is 4.98 Å². The molecule has 0 bridgehead atoms. The van der Waals surface area contributed by atoms with Crippen molar-refractivity contribution in [1.82, 2.24) is 9.55 Å². The molecule has 3 nitrogen and oxygen atoms in total. The van der Waals surface area contributed by atoms with Gasteiger partial charge in [0.2, 0.25) is 0 Å². The fourth-order valence-electron chi connectivity index (χ4n) is 1.36. The molecule has 0 atom stereocenters. The van der Waals surface area contributed by atoms with Crippen molar-refractivity contribution in [2.24, 2.45) is 5.73 Å². The van der Waals surface area contributed by atoms with Crippen LogP contribution >= 0.6 is 0 Å². The van der Waals surface area contributed by atoms with Crippen molar-refractivity contribution in [2.45, 2.75) is 6.54 Å². The average molecular weight is 173 g/mol. The summed E-state index contributed by atoms with van der Waals surface area (Å²) in [5.74, 6) is 0. The van der Waals surface area contributed by atoms with Crippen LogP contribution < -0.4 is 5.73 Å². The van der Waals surface area contributed by atoms with Gasteiger partial charge in [0.05, 0.1) is 23.9 Å². The van der Waals surface area contributed by atoms with Gasteiger partial charge < -0.3 is 10.3 Å². The number of imidazole rings is 1. The minimum Gasteiger partial charge on any atom is -0.401 e. The number of nitrogens with two attached hydrogens (primary N) is 1. The van der Waals surface area contributed by atoms with Crippen LogP contribution in [0.4, 0.5) is 0 Å². The molecule has 0 saturated carbocycles. The maximum absolute atomic E-state index is 5.53. The Hall–Kier alpha value is -1.77. The Bertz CT molecular complexity index is 442. The van der Waals surface area contributed by atoms with Crippen LogP contribution in [0.15, 0.2) is 42.9 Å². The first kappa shape index (κ1) is 7.86. The van der Waals surface area contributed by atoms with E-state index in [0.29, 0.717) is 12.2 Å². The normalized spacial score (nSPS) is 10.5. The molecule has 0 radical (unpaired) electrons. The monoisotopic (exact) mass is 173 g/mol. The Morgan fingerprint density at radius 1 is 1.46 bits per heavy atom. The number of allylic oxidation sites excluding steroid dienone is 1. The summed E-state index contributed by atoms with van der Waals surface area (Å²) in [5.41, 5.74) is 8.25. The molecule has 3 heteroatoms. The highest BCUT2D eigenvalue weighted by atomic mass is 15.0. The van der Waals surface area contributed by atoms with E-state index in [1.54, 1.807) is 6.33 Å². The molecule has 2 N–H and O–H groups in total. The first-order valence-corrected chi connectivity index (χ1v) is 4.10. The molecule has 0 fully saturated rings. The number of fused-ring (bicyclic) bond motifs is 1. The number of benzene rings is 1. The van der Waals surface area contributed by atoms with E-state index in [4.69, 9.17) is 5.73 Å². The maximum atomic E-state index is 5.53. The summed E-state index contributed by atoms with van der Waals surface area (Å²) < 4.78 is 1.98. The molecule has 66 valence electrons. The lowest BCUT2D eigenvalue weighted by atomic mass is 10.3. The predicted octanol–water partition coefficient (Wildman–Crippen LogP) is 1.51. The first-order chi connectivity index (χ1) is 6.27. The highest BCUT2D eigenvalue weighted by molar-refractivity contribution is 5.74. The quantitative estimate of drug-likeness (QED) is 0.748. The van der Waals surface area contributed by atoms with Gasteiger partial charge in [0.1, 0.15) is 0 Å². The Labute approximate surface area is 76.5 Å². The van der Waals surface area contributed by atoms with Crippen LogP contribution in [0.5, 0.6) is 0 Å². The third-order valence-corrected chi connectivity index (χ3v) is 1.90. The zero-order valence-corrected chi connectivity index (χ0v) is 7.27. The van der Waals surface area contributed by atoms with Crippen molar-refractivity contribution in [1.29, 1.82) is 0 Å². The fourth-order valence-corrected chi connectivity index (χ4v) is 1.36. The second-order valence-electron chi connectivity index (χ2n) is 3.02. The van der Waals surface area contributed by atoms with Crippen LogP contribution in [0.2, 0.25) is 0 Å². The Morgan fingerprint density at radius 3 is 3.00 bits per heavy atom. The third kappa shape index (κ3) is 1.40. The van der Waals surface area contributed by atoms with E-state index in [0.717, 1.165) is 11.0 Å². The molecule has 1 aromatic heterocycles. The lowest BCUT2D eigenvalue weighted by Crippen LogP contribution is -2.05. The molecule has 0 aliphatic carbocycles. The van der Waals surface area contributed by atoms with Crippen LogP contribution in [0, 0.1) is 0 Å². The van der Waals surface area contributed by atoms with Gasteiger partial charge in [-0.2, -0.15) is 0 Å². The fraction of sp³-hybridized carbons (Fsp3) is 0.100. The first-order valence-electron chi connectivity index (χ1n) is 4.10. The number of rotatable bonds is 2. The minimum absolute atomic E-state index is 0.626. The summed E-state index contributed by atoms with van der Waals surface area (Å²) in [5, 5.41) is 0. The second kappa shape index (κ2) is 2.94. The molecule has 0 aliphatic heterocycles. The van der Waals surface area contributed by atoms with Crippen LogP contribution in [0.1, 0.15) is 0 Å². The van der Waals surface area contributed by atoms with Crippen molar-refractivity contribution < 1.29 is 0 Å². The summed E-state index contributed by atoms with van der Waals surface area (Å²) in [7, 11) is 0. The molecule has 1 heterocycles. The summed E-state index contributed by atoms with van der Waals surface area (Å²) in [6.45, 7) is 4.29. The van der Waals surface area contributed by atoms with E-state index >= 15 is 0 Å². The number of aromatic nitrogens is 2. The Balaban J connectivity index is 2.51. The predicted molar refractivity (Wildman–Crippen MR) is 53.1 cm³/mol. The van der Waals surface area contributed by atoms with Crippen molar-refractivity contribution in [3.05, 3.63) is 42.9 Å². The highest BCUT2D eigenvalue weighted by Gasteiger charge is 2.00. The van der Waals surface area contributed by atoms with Crippen LogP contribution in [-0.4, -0.2) is 9.55 Å². The van der Waals surface area contributed by atoms with Crippen LogP contribution in [0.25, 0.3) is 11.0 Å². The second-order valence-corrected chi connectivity index (χ2v) is 3.02. The average Bonchev–Trinajstić information content (AvgIpc) is 2.48. The zero-order valence-electron chi connectivity index (χ0n) is 7.27. The number of hydrogen-bond acceptors (Lipinski definition) is 2. The number of nitrogens with zero attached hydrogens (tertiary/aromatic N) is 2. The highest BCUT2D eigenvalue weighted by Crippen LogP contribution is 2.11. The van der Waals surface area contributed by atoms with E-state index in [-0.39, 0.29) is 0 Å².